The van der Waals surface area contributed by atoms with Crippen LogP contribution in [-0.4, -0.2) is 30.5 Å². The maximum Gasteiger partial charge on any atom is 0.0897 e. The van der Waals surface area contributed by atoms with Crippen molar-refractivity contribution in [3.8, 4) is 0 Å². The second-order valence-electron chi connectivity index (χ2n) is 5.69. The molecule has 2 atom stereocenters. The number of hydrogen-bond acceptors (Lipinski definition) is 3. The van der Waals surface area contributed by atoms with Gasteiger partial charge >= 0.3 is 0 Å². The molecular weight excluding hydrogens is 274 g/mol. The first kappa shape index (κ1) is 17.4. The van der Waals surface area contributed by atoms with Gasteiger partial charge in [0.1, 0.15) is 0 Å². The predicted octanol–water partition coefficient (Wildman–Crippen LogP) is 3.24. The van der Waals surface area contributed by atoms with Crippen LogP contribution in [0.4, 0.5) is 0 Å². The Kier molecular flexibility index (Phi) is 8.15. The summed E-state index contributed by atoms with van der Waals surface area (Å²) < 4.78 is 5.63. The molecule has 0 heterocycles. The summed E-state index contributed by atoms with van der Waals surface area (Å²) in [5, 5.41) is 13.8. The molecule has 3 nitrogen and oxygen atoms in total. The highest BCUT2D eigenvalue weighted by molar-refractivity contribution is 6.30. The van der Waals surface area contributed by atoms with E-state index in [-0.39, 0.29) is 6.10 Å². The lowest BCUT2D eigenvalue weighted by atomic mass is 10.1. The minimum atomic E-state index is -0.483. The molecule has 1 rings (SSSR count). The van der Waals surface area contributed by atoms with E-state index in [1.54, 1.807) is 0 Å². The zero-order chi connectivity index (χ0) is 15.0. The maximum atomic E-state index is 9.85. The second-order valence-corrected chi connectivity index (χ2v) is 6.12. The summed E-state index contributed by atoms with van der Waals surface area (Å²) in [5.74, 6) is 0.614. The molecule has 1 aromatic carbocycles. The van der Waals surface area contributed by atoms with Crippen molar-refractivity contribution in [3.05, 3.63) is 34.9 Å². The monoisotopic (exact) mass is 299 g/mol. The molecule has 0 radical (unpaired) electrons. The van der Waals surface area contributed by atoms with Gasteiger partial charge in [0.05, 0.1) is 18.8 Å². The largest absolute Gasteiger partial charge is 0.389 e. The first-order valence-electron chi connectivity index (χ1n) is 7.22. The van der Waals surface area contributed by atoms with Crippen molar-refractivity contribution in [3.63, 3.8) is 0 Å². The zero-order valence-electron chi connectivity index (χ0n) is 12.6. The number of rotatable bonds is 9. The van der Waals surface area contributed by atoms with E-state index in [4.69, 9.17) is 16.3 Å². The summed E-state index contributed by atoms with van der Waals surface area (Å²) in [6.07, 6.45) is 0.726. The summed E-state index contributed by atoms with van der Waals surface area (Å²) >= 11 is 5.92. The Bertz CT molecular complexity index is 384. The number of nitrogens with one attached hydrogen (secondary N) is 1. The fourth-order valence-electron chi connectivity index (χ4n) is 2.10. The second kappa shape index (κ2) is 9.35. The van der Waals surface area contributed by atoms with Crippen LogP contribution in [-0.2, 0) is 11.3 Å². The van der Waals surface area contributed by atoms with Crippen LogP contribution in [0.15, 0.2) is 24.3 Å². The van der Waals surface area contributed by atoms with E-state index in [1.807, 2.05) is 31.2 Å². The molecule has 0 aliphatic carbocycles. The Morgan fingerprint density at radius 2 is 2.05 bits per heavy atom. The molecule has 0 aliphatic rings. The lowest BCUT2D eigenvalue weighted by molar-refractivity contribution is -0.00857. The highest BCUT2D eigenvalue weighted by atomic mass is 35.5. The number of hydrogen-bond donors (Lipinski definition) is 2. The number of benzene rings is 1. The summed E-state index contributed by atoms with van der Waals surface area (Å²) in [4.78, 5) is 0. The molecule has 4 heteroatoms. The minimum Gasteiger partial charge on any atom is -0.389 e. The van der Waals surface area contributed by atoms with Crippen molar-refractivity contribution in [2.75, 3.05) is 13.2 Å². The summed E-state index contributed by atoms with van der Waals surface area (Å²) in [5.41, 5.74) is 1.11. The van der Waals surface area contributed by atoms with E-state index in [0.29, 0.717) is 25.6 Å². The molecule has 0 bridgehead atoms. The summed E-state index contributed by atoms with van der Waals surface area (Å²) in [6.45, 7) is 7.97. The van der Waals surface area contributed by atoms with Crippen LogP contribution >= 0.6 is 11.6 Å². The van der Waals surface area contributed by atoms with Gasteiger partial charge < -0.3 is 15.2 Å². The fraction of sp³-hybridized carbons (Fsp3) is 0.625. The van der Waals surface area contributed by atoms with E-state index < -0.39 is 6.10 Å². The Morgan fingerprint density at radius 1 is 1.30 bits per heavy atom. The minimum absolute atomic E-state index is 0.192. The van der Waals surface area contributed by atoms with Crippen LogP contribution in [0.3, 0.4) is 0 Å². The van der Waals surface area contributed by atoms with Gasteiger partial charge in [0.15, 0.2) is 0 Å². The van der Waals surface area contributed by atoms with Crippen molar-refractivity contribution in [1.29, 1.82) is 0 Å². The third-order valence-corrected chi connectivity index (χ3v) is 3.21. The summed E-state index contributed by atoms with van der Waals surface area (Å²) in [7, 11) is 0. The van der Waals surface area contributed by atoms with Gasteiger partial charge in [-0.2, -0.15) is 0 Å². The lowest BCUT2D eigenvalue weighted by Gasteiger charge is -2.18. The molecule has 0 saturated carbocycles. The van der Waals surface area contributed by atoms with E-state index in [2.05, 4.69) is 19.2 Å². The molecular formula is C16H26ClNO2. The van der Waals surface area contributed by atoms with Crippen molar-refractivity contribution < 1.29 is 9.84 Å². The average molecular weight is 300 g/mol. The first-order chi connectivity index (χ1) is 9.47. The Labute approximate surface area is 127 Å². The number of aliphatic hydroxyl groups excluding tert-OH is 1. The number of aliphatic hydroxyl groups is 1. The number of halogens is 1. The normalized spacial score (nSPS) is 14.5. The highest BCUT2D eigenvalue weighted by Gasteiger charge is 2.09. The van der Waals surface area contributed by atoms with Gasteiger partial charge in [0, 0.05) is 18.1 Å². The van der Waals surface area contributed by atoms with Crippen molar-refractivity contribution in [1.82, 2.24) is 5.32 Å². The maximum absolute atomic E-state index is 9.85. The van der Waals surface area contributed by atoms with Gasteiger partial charge in [-0.25, -0.2) is 0 Å². The Hall–Kier alpha value is -0.610. The van der Waals surface area contributed by atoms with E-state index in [0.717, 1.165) is 17.0 Å². The van der Waals surface area contributed by atoms with Crippen molar-refractivity contribution in [2.45, 2.75) is 45.9 Å². The predicted molar refractivity (Wildman–Crippen MR) is 84.0 cm³/mol. The standard InChI is InChI=1S/C16H26ClNO2/c1-12(2)7-13(3)20-11-16(19)10-18-9-14-5-4-6-15(17)8-14/h4-6,8,12-13,16,18-19H,7,9-11H2,1-3H3. The van der Waals surface area contributed by atoms with Gasteiger partial charge in [-0.15, -0.1) is 0 Å². The van der Waals surface area contributed by atoms with Crippen LogP contribution < -0.4 is 5.32 Å². The summed E-state index contributed by atoms with van der Waals surface area (Å²) in [6, 6.07) is 7.70. The van der Waals surface area contributed by atoms with E-state index >= 15 is 0 Å². The molecule has 2 N–H and O–H groups in total. The van der Waals surface area contributed by atoms with Gasteiger partial charge in [-0.3, -0.25) is 0 Å². The van der Waals surface area contributed by atoms with Crippen LogP contribution in [0.5, 0.6) is 0 Å². The van der Waals surface area contributed by atoms with Gasteiger partial charge in [-0.1, -0.05) is 37.6 Å². The molecule has 20 heavy (non-hydrogen) atoms. The quantitative estimate of drug-likeness (QED) is 0.735. The molecule has 0 spiro atoms. The topological polar surface area (TPSA) is 41.5 Å². The fourth-order valence-corrected chi connectivity index (χ4v) is 2.31. The smallest absolute Gasteiger partial charge is 0.0897 e. The molecule has 0 aliphatic heterocycles. The Balaban J connectivity index is 2.15. The Morgan fingerprint density at radius 3 is 2.70 bits per heavy atom. The van der Waals surface area contributed by atoms with Crippen LogP contribution in [0.2, 0.25) is 5.02 Å². The zero-order valence-corrected chi connectivity index (χ0v) is 13.4. The van der Waals surface area contributed by atoms with Crippen LogP contribution in [0, 0.1) is 5.92 Å². The van der Waals surface area contributed by atoms with Crippen molar-refractivity contribution in [2.24, 2.45) is 5.92 Å². The van der Waals surface area contributed by atoms with Crippen molar-refractivity contribution >= 4 is 11.6 Å². The molecule has 0 amide bonds. The third-order valence-electron chi connectivity index (χ3n) is 2.97. The van der Waals surface area contributed by atoms with Gasteiger partial charge in [-0.05, 0) is 37.0 Å². The average Bonchev–Trinajstić information content (AvgIpc) is 2.36. The third kappa shape index (κ3) is 7.85. The molecule has 114 valence electrons. The molecule has 0 saturated heterocycles. The van der Waals surface area contributed by atoms with E-state index in [9.17, 15) is 5.11 Å². The lowest BCUT2D eigenvalue weighted by Crippen LogP contribution is -2.31. The van der Waals surface area contributed by atoms with Crippen LogP contribution in [0.25, 0.3) is 0 Å². The highest BCUT2D eigenvalue weighted by Crippen LogP contribution is 2.10. The van der Waals surface area contributed by atoms with Crippen LogP contribution in [0.1, 0.15) is 32.8 Å². The molecule has 1 aromatic rings. The molecule has 2 unspecified atom stereocenters. The number of ether oxygens (including phenoxy) is 1. The SMILES string of the molecule is CC(C)CC(C)OCC(O)CNCc1cccc(Cl)c1. The molecule has 0 aromatic heterocycles. The van der Waals surface area contributed by atoms with Gasteiger partial charge in [0.25, 0.3) is 0 Å². The van der Waals surface area contributed by atoms with Gasteiger partial charge in [0.2, 0.25) is 0 Å². The first-order valence-corrected chi connectivity index (χ1v) is 7.60. The van der Waals surface area contributed by atoms with E-state index in [1.165, 1.54) is 0 Å². The molecule has 0 fully saturated rings.